The van der Waals surface area contributed by atoms with Crippen molar-refractivity contribution in [1.82, 2.24) is 0 Å². The van der Waals surface area contributed by atoms with Gasteiger partial charge in [-0.25, -0.2) is 0 Å². The van der Waals surface area contributed by atoms with Crippen LogP contribution in [-0.4, -0.2) is 31.9 Å². The fourth-order valence-corrected chi connectivity index (χ4v) is 5.00. The van der Waals surface area contributed by atoms with Gasteiger partial charge in [0.15, 0.2) is 6.03 Å². The molecule has 0 radical (unpaired) electrons. The second kappa shape index (κ2) is 7.98. The number of methoxy groups -OCH3 is 2. The zero-order valence-electron chi connectivity index (χ0n) is 15.3. The van der Waals surface area contributed by atoms with Crippen molar-refractivity contribution in [3.63, 3.8) is 0 Å². The van der Waals surface area contributed by atoms with E-state index in [4.69, 9.17) is 9.47 Å². The summed E-state index contributed by atoms with van der Waals surface area (Å²) in [6.45, 7) is 8.12. The van der Waals surface area contributed by atoms with Gasteiger partial charge in [-0.2, -0.15) is 0 Å². The molecule has 1 aromatic rings. The van der Waals surface area contributed by atoms with Crippen LogP contribution in [0, 0.1) is 11.3 Å². The molecule has 0 bridgehead atoms. The largest absolute Gasteiger partial charge is 0.496 e. The molecule has 134 valence electrons. The number of carbonyl (C=O) groups excluding carboxylic acids is 2. The molecular formula is C18H27O5P. The minimum absolute atomic E-state index is 0.0225. The highest BCUT2D eigenvalue weighted by Crippen LogP contribution is 2.51. The van der Waals surface area contributed by atoms with Crippen molar-refractivity contribution in [1.29, 1.82) is 0 Å². The molecule has 2 atom stereocenters. The SMILES string of the molecule is COc1cccc(OC)c1C(=O)P(=O)(C=O)CC(C)CC(C)(C)C. The zero-order valence-corrected chi connectivity index (χ0v) is 16.2. The number of rotatable bonds is 8. The third-order valence-corrected chi connectivity index (χ3v) is 6.12. The van der Waals surface area contributed by atoms with Crippen molar-refractivity contribution in [2.24, 2.45) is 11.3 Å². The third kappa shape index (κ3) is 4.94. The van der Waals surface area contributed by atoms with E-state index in [0.717, 1.165) is 6.42 Å². The van der Waals surface area contributed by atoms with Crippen molar-refractivity contribution in [3.05, 3.63) is 23.8 Å². The van der Waals surface area contributed by atoms with Crippen LogP contribution in [0.5, 0.6) is 11.5 Å². The van der Waals surface area contributed by atoms with Crippen molar-refractivity contribution in [3.8, 4) is 11.5 Å². The summed E-state index contributed by atoms with van der Waals surface area (Å²) in [6, 6.07) is 5.16. The van der Waals surface area contributed by atoms with E-state index in [0.29, 0.717) is 6.03 Å². The van der Waals surface area contributed by atoms with Crippen molar-refractivity contribution in [2.75, 3.05) is 20.4 Å². The molecule has 0 saturated heterocycles. The van der Waals surface area contributed by atoms with E-state index < -0.39 is 12.7 Å². The fraction of sp³-hybridized carbons (Fsp3) is 0.556. The van der Waals surface area contributed by atoms with Gasteiger partial charge in [-0.15, -0.1) is 0 Å². The first-order chi connectivity index (χ1) is 11.1. The molecule has 0 saturated carbocycles. The fourth-order valence-electron chi connectivity index (χ4n) is 3.00. The Kier molecular flexibility index (Phi) is 6.79. The van der Waals surface area contributed by atoms with Gasteiger partial charge < -0.3 is 14.0 Å². The molecule has 0 aliphatic carbocycles. The molecule has 5 nitrogen and oxygen atoms in total. The average molecular weight is 354 g/mol. The molecule has 24 heavy (non-hydrogen) atoms. The highest BCUT2D eigenvalue weighted by Gasteiger charge is 2.38. The summed E-state index contributed by atoms with van der Waals surface area (Å²) in [7, 11) is -0.883. The van der Waals surface area contributed by atoms with Crippen LogP contribution in [0.25, 0.3) is 0 Å². The van der Waals surface area contributed by atoms with Crippen molar-refractivity contribution >= 4 is 18.7 Å². The van der Waals surface area contributed by atoms with Gasteiger partial charge in [-0.05, 0) is 29.9 Å². The lowest BCUT2D eigenvalue weighted by Crippen LogP contribution is -2.17. The van der Waals surface area contributed by atoms with E-state index in [1.807, 2.05) is 6.92 Å². The van der Waals surface area contributed by atoms with E-state index in [9.17, 15) is 14.2 Å². The summed E-state index contributed by atoms with van der Waals surface area (Å²) in [5.41, 5.74) is -0.605. The van der Waals surface area contributed by atoms with E-state index in [-0.39, 0.29) is 34.6 Å². The van der Waals surface area contributed by atoms with Crippen LogP contribution in [0.2, 0.25) is 0 Å². The standard InChI is InChI=1S/C18H27O5P/c1-13(10-18(2,3)4)11-24(21,12-19)17(20)16-14(22-5)8-7-9-15(16)23-6/h7-9,12-13H,10-11H2,1-6H3. The van der Waals surface area contributed by atoms with Gasteiger partial charge in [-0.1, -0.05) is 33.8 Å². The van der Waals surface area contributed by atoms with Crippen LogP contribution in [0.1, 0.15) is 44.5 Å². The van der Waals surface area contributed by atoms with Crippen molar-refractivity contribution < 1.29 is 23.6 Å². The minimum atomic E-state index is -3.72. The molecular weight excluding hydrogens is 327 g/mol. The zero-order chi connectivity index (χ0) is 18.5. The summed E-state index contributed by atoms with van der Waals surface area (Å²) >= 11 is 0. The highest BCUT2D eigenvalue weighted by molar-refractivity contribution is 7.93. The number of ether oxygens (including phenoxy) is 2. The lowest BCUT2D eigenvalue weighted by atomic mass is 9.86. The van der Waals surface area contributed by atoms with Crippen molar-refractivity contribution in [2.45, 2.75) is 34.1 Å². The van der Waals surface area contributed by atoms with Gasteiger partial charge >= 0.3 is 0 Å². The first-order valence-corrected chi connectivity index (χ1v) is 9.85. The second-order valence-corrected chi connectivity index (χ2v) is 9.87. The van der Waals surface area contributed by atoms with Crippen LogP contribution in [0.4, 0.5) is 0 Å². The summed E-state index contributed by atoms with van der Waals surface area (Å²) in [6.07, 6.45) is 0.814. The normalized spacial score (nSPS) is 15.2. The van der Waals surface area contributed by atoms with Crippen LogP contribution >= 0.6 is 7.14 Å². The molecule has 0 aliphatic heterocycles. The Labute approximate surface area is 144 Å². The van der Waals surface area contributed by atoms with E-state index in [1.165, 1.54) is 14.2 Å². The molecule has 6 heteroatoms. The van der Waals surface area contributed by atoms with Crippen LogP contribution < -0.4 is 9.47 Å². The topological polar surface area (TPSA) is 69.7 Å². The maximum Gasteiger partial charge on any atom is 0.235 e. The maximum atomic E-state index is 13.1. The van der Waals surface area contributed by atoms with Crippen LogP contribution in [0.3, 0.4) is 0 Å². The highest BCUT2D eigenvalue weighted by atomic mass is 31.2. The molecule has 0 aromatic heterocycles. The summed E-state index contributed by atoms with van der Waals surface area (Å²) in [5, 5.41) is 0. The molecule has 0 aliphatic rings. The predicted molar refractivity (Wildman–Crippen MR) is 96.3 cm³/mol. The monoisotopic (exact) mass is 354 g/mol. The Morgan fingerprint density at radius 3 is 2.08 bits per heavy atom. The maximum absolute atomic E-state index is 13.1. The smallest absolute Gasteiger partial charge is 0.235 e. The number of hydrogen-bond acceptors (Lipinski definition) is 5. The molecule has 1 aromatic carbocycles. The van der Waals surface area contributed by atoms with Gasteiger partial charge in [0.05, 0.1) is 14.2 Å². The molecule has 0 amide bonds. The molecule has 0 heterocycles. The molecule has 0 spiro atoms. The summed E-state index contributed by atoms with van der Waals surface area (Å²) in [4.78, 5) is 24.5. The van der Waals surface area contributed by atoms with Crippen LogP contribution in [0.15, 0.2) is 18.2 Å². The Morgan fingerprint density at radius 1 is 1.21 bits per heavy atom. The van der Waals surface area contributed by atoms with E-state index in [1.54, 1.807) is 18.2 Å². The first kappa shape index (κ1) is 20.4. The first-order valence-electron chi connectivity index (χ1n) is 7.89. The van der Waals surface area contributed by atoms with Crippen LogP contribution in [-0.2, 0) is 9.36 Å². The summed E-state index contributed by atoms with van der Waals surface area (Å²) in [5.74, 6) is 0.487. The van der Waals surface area contributed by atoms with Gasteiger partial charge in [0.1, 0.15) is 17.1 Å². The molecule has 0 N–H and O–H groups in total. The lowest BCUT2D eigenvalue weighted by molar-refractivity contribution is 0.107. The number of hydrogen-bond donors (Lipinski definition) is 0. The Morgan fingerprint density at radius 2 is 1.71 bits per heavy atom. The van der Waals surface area contributed by atoms with Gasteiger partial charge in [-0.3, -0.25) is 9.59 Å². The van der Waals surface area contributed by atoms with Gasteiger partial charge in [0.25, 0.3) is 0 Å². The number of benzene rings is 1. The third-order valence-electron chi connectivity index (χ3n) is 3.70. The Balaban J connectivity index is 3.23. The second-order valence-electron chi connectivity index (χ2n) is 7.30. The molecule has 1 rings (SSSR count). The predicted octanol–water partition coefficient (Wildman–Crippen LogP) is 4.47. The Hall–Kier alpha value is -1.61. The van der Waals surface area contributed by atoms with E-state index >= 15 is 0 Å². The average Bonchev–Trinajstić information content (AvgIpc) is 2.51. The molecule has 2 unspecified atom stereocenters. The number of carbonyl (C=O) groups is 2. The lowest BCUT2D eigenvalue weighted by Gasteiger charge is -2.25. The van der Waals surface area contributed by atoms with Gasteiger partial charge in [0, 0.05) is 6.16 Å². The Bertz CT molecular complexity index is 623. The van der Waals surface area contributed by atoms with Gasteiger partial charge in [0.2, 0.25) is 12.7 Å². The summed E-state index contributed by atoms with van der Waals surface area (Å²) < 4.78 is 23.5. The minimum Gasteiger partial charge on any atom is -0.496 e. The quantitative estimate of drug-likeness (QED) is 0.509. The van der Waals surface area contributed by atoms with E-state index in [2.05, 4.69) is 20.8 Å². The molecule has 0 fully saturated rings.